The van der Waals surface area contributed by atoms with Gasteiger partial charge in [0.05, 0.1) is 0 Å². The van der Waals surface area contributed by atoms with Crippen LogP contribution in [0.15, 0.2) is 0 Å². The Bertz CT molecular complexity index is 322. The van der Waals surface area contributed by atoms with Gasteiger partial charge in [-0.1, -0.05) is 19.3 Å². The van der Waals surface area contributed by atoms with E-state index in [0.717, 1.165) is 25.4 Å². The number of nitrogens with one attached hydrogen (secondary N) is 1. The van der Waals surface area contributed by atoms with Gasteiger partial charge in [0.2, 0.25) is 5.91 Å². The number of hydrogen-bond donors (Lipinski definition) is 1. The van der Waals surface area contributed by atoms with Gasteiger partial charge >= 0.3 is 0 Å². The van der Waals surface area contributed by atoms with Gasteiger partial charge < -0.3 is 10.2 Å². The summed E-state index contributed by atoms with van der Waals surface area (Å²) in [6.45, 7) is 0.908. The molecule has 2 aliphatic carbocycles. The summed E-state index contributed by atoms with van der Waals surface area (Å²) in [5.41, 5.74) is 0.637. The molecule has 1 amide bonds. The van der Waals surface area contributed by atoms with Gasteiger partial charge in [0.25, 0.3) is 0 Å². The monoisotopic (exact) mass is 250 g/mol. The molecule has 3 heteroatoms. The van der Waals surface area contributed by atoms with Crippen molar-refractivity contribution in [3.63, 3.8) is 0 Å². The first kappa shape index (κ1) is 12.5. The number of hydrogen-bond acceptors (Lipinski definition) is 2. The molecule has 0 bridgehead atoms. The molecular formula is C15H26N2O. The average molecular weight is 250 g/mol. The van der Waals surface area contributed by atoms with Crippen molar-refractivity contribution in [3.8, 4) is 0 Å². The first-order valence-electron chi connectivity index (χ1n) is 7.70. The van der Waals surface area contributed by atoms with E-state index in [9.17, 15) is 4.79 Å². The summed E-state index contributed by atoms with van der Waals surface area (Å²) < 4.78 is 0. The van der Waals surface area contributed by atoms with Crippen molar-refractivity contribution in [3.05, 3.63) is 0 Å². The maximum atomic E-state index is 11.5. The van der Waals surface area contributed by atoms with E-state index in [2.05, 4.69) is 5.32 Å². The quantitative estimate of drug-likeness (QED) is 0.815. The van der Waals surface area contributed by atoms with Gasteiger partial charge in [-0.05, 0) is 37.5 Å². The lowest BCUT2D eigenvalue weighted by atomic mass is 9.57. The van der Waals surface area contributed by atoms with Crippen LogP contribution in [0.1, 0.15) is 57.8 Å². The molecule has 1 aliphatic heterocycles. The SMILES string of the molecule is CN1CC(NC2CCC23CCCCC3)CCC1=O. The highest BCUT2D eigenvalue weighted by molar-refractivity contribution is 5.76. The molecule has 0 aromatic rings. The first-order valence-corrected chi connectivity index (χ1v) is 7.70. The summed E-state index contributed by atoms with van der Waals surface area (Å²) >= 11 is 0. The Hall–Kier alpha value is -0.570. The van der Waals surface area contributed by atoms with Crippen LogP contribution in [0.25, 0.3) is 0 Å². The van der Waals surface area contributed by atoms with Crippen molar-refractivity contribution in [2.24, 2.45) is 5.41 Å². The van der Waals surface area contributed by atoms with Gasteiger partial charge in [0.15, 0.2) is 0 Å². The fourth-order valence-electron chi connectivity index (χ4n) is 4.24. The van der Waals surface area contributed by atoms with Crippen molar-refractivity contribution >= 4 is 5.91 Å². The zero-order valence-corrected chi connectivity index (χ0v) is 11.6. The predicted molar refractivity (Wildman–Crippen MR) is 72.3 cm³/mol. The van der Waals surface area contributed by atoms with E-state index in [0.29, 0.717) is 17.4 Å². The van der Waals surface area contributed by atoms with Crippen LogP contribution in [0, 0.1) is 5.41 Å². The minimum absolute atomic E-state index is 0.314. The third-order valence-corrected chi connectivity index (χ3v) is 5.58. The van der Waals surface area contributed by atoms with Gasteiger partial charge in [-0.25, -0.2) is 0 Å². The Labute approximate surface area is 110 Å². The van der Waals surface area contributed by atoms with Gasteiger partial charge in [0, 0.05) is 32.1 Å². The number of rotatable bonds is 2. The highest BCUT2D eigenvalue weighted by atomic mass is 16.2. The average Bonchev–Trinajstić information content (AvgIpc) is 2.40. The lowest BCUT2D eigenvalue weighted by Gasteiger charge is -2.54. The molecule has 102 valence electrons. The van der Waals surface area contributed by atoms with Crippen LogP contribution in [0.2, 0.25) is 0 Å². The molecule has 3 rings (SSSR count). The van der Waals surface area contributed by atoms with Gasteiger partial charge in [-0.2, -0.15) is 0 Å². The van der Waals surface area contributed by atoms with Crippen LogP contribution < -0.4 is 5.32 Å². The molecule has 0 aromatic carbocycles. The summed E-state index contributed by atoms with van der Waals surface area (Å²) in [7, 11) is 1.94. The molecule has 1 saturated heterocycles. The standard InChI is InChI=1S/C15H26N2O/c1-17-11-12(5-6-14(17)18)16-13-7-10-15(13)8-3-2-4-9-15/h12-13,16H,2-11H2,1H3. The zero-order chi connectivity index (χ0) is 12.6. The highest BCUT2D eigenvalue weighted by Gasteiger charge is 2.47. The number of carbonyl (C=O) groups excluding carboxylic acids is 1. The second-order valence-corrected chi connectivity index (χ2v) is 6.69. The molecule has 1 N–H and O–H groups in total. The summed E-state index contributed by atoms with van der Waals surface area (Å²) in [5.74, 6) is 0.314. The molecule has 3 aliphatic rings. The van der Waals surface area contributed by atoms with Gasteiger partial charge in [-0.3, -0.25) is 4.79 Å². The molecule has 2 atom stereocenters. The number of carbonyl (C=O) groups is 1. The maximum Gasteiger partial charge on any atom is 0.222 e. The van der Waals surface area contributed by atoms with Gasteiger partial charge in [0.1, 0.15) is 0 Å². The maximum absolute atomic E-state index is 11.5. The molecule has 3 fully saturated rings. The molecule has 0 radical (unpaired) electrons. The topological polar surface area (TPSA) is 32.3 Å². The van der Waals surface area contributed by atoms with Gasteiger partial charge in [-0.15, -0.1) is 0 Å². The predicted octanol–water partition coefficient (Wildman–Crippen LogP) is 2.31. The second-order valence-electron chi connectivity index (χ2n) is 6.69. The van der Waals surface area contributed by atoms with Crippen molar-refractivity contribution in [1.82, 2.24) is 10.2 Å². The number of likely N-dealkylation sites (N-methyl/N-ethyl adjacent to an activating group) is 1. The molecule has 3 nitrogen and oxygen atoms in total. The summed E-state index contributed by atoms with van der Waals surface area (Å²) in [6, 6.07) is 1.28. The van der Waals surface area contributed by atoms with Crippen molar-refractivity contribution in [2.75, 3.05) is 13.6 Å². The fraction of sp³-hybridized carbons (Fsp3) is 0.933. The molecular weight excluding hydrogens is 224 g/mol. The Morgan fingerprint density at radius 2 is 1.94 bits per heavy atom. The van der Waals surface area contributed by atoms with Crippen LogP contribution in [0.5, 0.6) is 0 Å². The van der Waals surface area contributed by atoms with E-state index >= 15 is 0 Å². The lowest BCUT2D eigenvalue weighted by Crippen LogP contribution is -2.59. The van der Waals surface area contributed by atoms with Crippen LogP contribution in [-0.4, -0.2) is 36.5 Å². The van der Waals surface area contributed by atoms with E-state index in [4.69, 9.17) is 0 Å². The Morgan fingerprint density at radius 1 is 1.17 bits per heavy atom. The van der Waals surface area contributed by atoms with Crippen molar-refractivity contribution in [2.45, 2.75) is 69.9 Å². The third-order valence-electron chi connectivity index (χ3n) is 5.58. The molecule has 0 aromatic heterocycles. The van der Waals surface area contributed by atoms with Crippen LogP contribution in [-0.2, 0) is 4.79 Å². The number of likely N-dealkylation sites (tertiary alicyclic amines) is 1. The van der Waals surface area contributed by atoms with E-state index < -0.39 is 0 Å². The van der Waals surface area contributed by atoms with E-state index in [-0.39, 0.29) is 0 Å². The Morgan fingerprint density at radius 3 is 2.56 bits per heavy atom. The molecule has 1 spiro atoms. The Kier molecular flexibility index (Phi) is 3.35. The van der Waals surface area contributed by atoms with Crippen molar-refractivity contribution < 1.29 is 4.79 Å². The van der Waals surface area contributed by atoms with Crippen LogP contribution >= 0.6 is 0 Å². The lowest BCUT2D eigenvalue weighted by molar-refractivity contribution is -0.132. The normalized spacial score (nSPS) is 35.6. The summed E-state index contributed by atoms with van der Waals surface area (Å²) in [5, 5.41) is 3.87. The molecule has 1 heterocycles. The largest absolute Gasteiger partial charge is 0.344 e. The summed E-state index contributed by atoms with van der Waals surface area (Å²) in [6.07, 6.45) is 11.7. The number of amides is 1. The van der Waals surface area contributed by atoms with Crippen molar-refractivity contribution in [1.29, 1.82) is 0 Å². The molecule has 2 unspecified atom stereocenters. The van der Waals surface area contributed by atoms with E-state index in [1.807, 2.05) is 11.9 Å². The minimum atomic E-state index is 0.314. The minimum Gasteiger partial charge on any atom is -0.344 e. The van der Waals surface area contributed by atoms with E-state index in [1.165, 1.54) is 44.9 Å². The van der Waals surface area contributed by atoms with Crippen LogP contribution in [0.3, 0.4) is 0 Å². The smallest absolute Gasteiger partial charge is 0.222 e. The number of piperidine rings is 1. The zero-order valence-electron chi connectivity index (χ0n) is 11.6. The first-order chi connectivity index (χ1) is 8.70. The second kappa shape index (κ2) is 4.84. The molecule has 18 heavy (non-hydrogen) atoms. The van der Waals surface area contributed by atoms with E-state index in [1.54, 1.807) is 0 Å². The highest BCUT2D eigenvalue weighted by Crippen LogP contribution is 2.51. The fourth-order valence-corrected chi connectivity index (χ4v) is 4.24. The Balaban J connectivity index is 1.55. The third kappa shape index (κ3) is 2.18. The molecule has 2 saturated carbocycles. The number of nitrogens with zero attached hydrogens (tertiary/aromatic N) is 1. The van der Waals surface area contributed by atoms with Crippen LogP contribution in [0.4, 0.5) is 0 Å². The summed E-state index contributed by atoms with van der Waals surface area (Å²) in [4.78, 5) is 13.4.